The van der Waals surface area contributed by atoms with Gasteiger partial charge >= 0.3 is 12.0 Å². The summed E-state index contributed by atoms with van der Waals surface area (Å²) >= 11 is 3.04. The molecule has 0 aromatic heterocycles. The molecule has 8 heteroatoms. The Bertz CT molecular complexity index is 555. The van der Waals surface area contributed by atoms with Gasteiger partial charge in [-0.25, -0.2) is 9.18 Å². The molecule has 1 aromatic carbocycles. The Balaban J connectivity index is 1.96. The zero-order chi connectivity index (χ0) is 15.4. The summed E-state index contributed by atoms with van der Waals surface area (Å²) in [6.45, 7) is 0.878. The molecule has 1 aliphatic rings. The van der Waals surface area contributed by atoms with E-state index in [-0.39, 0.29) is 23.5 Å². The molecule has 6 nitrogen and oxygen atoms in total. The first kappa shape index (κ1) is 15.7. The molecule has 1 heterocycles. The molecule has 114 valence electrons. The van der Waals surface area contributed by atoms with Gasteiger partial charge in [-0.05, 0) is 34.1 Å². The van der Waals surface area contributed by atoms with Gasteiger partial charge in [0.25, 0.3) is 0 Å². The van der Waals surface area contributed by atoms with E-state index in [1.54, 1.807) is 0 Å². The number of rotatable bonds is 3. The number of halogens is 2. The fourth-order valence-corrected chi connectivity index (χ4v) is 2.38. The maximum atomic E-state index is 13.1. The Morgan fingerprint density at radius 1 is 1.52 bits per heavy atom. The van der Waals surface area contributed by atoms with E-state index in [4.69, 9.17) is 9.84 Å². The number of aliphatic carboxylic acids is 1. The van der Waals surface area contributed by atoms with Crippen molar-refractivity contribution >= 4 is 33.6 Å². The summed E-state index contributed by atoms with van der Waals surface area (Å²) in [7, 11) is 0. The van der Waals surface area contributed by atoms with E-state index in [0.717, 1.165) is 0 Å². The highest BCUT2D eigenvalue weighted by Gasteiger charge is 2.26. The fraction of sp³-hybridized carbons (Fsp3) is 0.385. The van der Waals surface area contributed by atoms with E-state index in [2.05, 4.69) is 21.2 Å². The quantitative estimate of drug-likeness (QED) is 0.866. The number of morpholine rings is 1. The predicted octanol–water partition coefficient (Wildman–Crippen LogP) is 2.30. The van der Waals surface area contributed by atoms with Gasteiger partial charge in [0.2, 0.25) is 0 Å². The van der Waals surface area contributed by atoms with Crippen molar-refractivity contribution in [2.75, 3.05) is 25.0 Å². The number of carbonyl (C=O) groups is 2. The second-order valence-electron chi connectivity index (χ2n) is 4.60. The van der Waals surface area contributed by atoms with Crippen molar-refractivity contribution in [2.24, 2.45) is 0 Å². The Morgan fingerprint density at radius 2 is 2.29 bits per heavy atom. The molecule has 0 spiro atoms. The van der Waals surface area contributed by atoms with Crippen LogP contribution in [0.3, 0.4) is 0 Å². The minimum absolute atomic E-state index is 0.147. The zero-order valence-electron chi connectivity index (χ0n) is 11.0. The minimum atomic E-state index is -0.968. The summed E-state index contributed by atoms with van der Waals surface area (Å²) in [5.41, 5.74) is 0.453. The molecule has 1 aromatic rings. The molecule has 0 bridgehead atoms. The van der Waals surface area contributed by atoms with E-state index >= 15 is 0 Å². The number of amides is 2. The van der Waals surface area contributed by atoms with Crippen LogP contribution in [-0.4, -0.2) is 47.8 Å². The number of carbonyl (C=O) groups excluding carboxylic acids is 1. The molecule has 1 saturated heterocycles. The lowest BCUT2D eigenvalue weighted by Crippen LogP contribution is -2.47. The molecule has 21 heavy (non-hydrogen) atoms. The van der Waals surface area contributed by atoms with E-state index in [9.17, 15) is 14.0 Å². The van der Waals surface area contributed by atoms with Crippen molar-refractivity contribution in [1.82, 2.24) is 4.90 Å². The van der Waals surface area contributed by atoms with Gasteiger partial charge in [0.1, 0.15) is 5.82 Å². The maximum absolute atomic E-state index is 13.1. The van der Waals surface area contributed by atoms with Crippen molar-refractivity contribution in [3.8, 4) is 0 Å². The Kier molecular flexibility index (Phi) is 5.13. The van der Waals surface area contributed by atoms with Crippen molar-refractivity contribution in [3.63, 3.8) is 0 Å². The van der Waals surface area contributed by atoms with Crippen LogP contribution in [0, 0.1) is 5.82 Å². The molecule has 1 aliphatic heterocycles. The average molecular weight is 361 g/mol. The SMILES string of the molecule is O=C(O)CC1CN(C(=O)Nc2ccc(F)c(Br)c2)CCO1. The monoisotopic (exact) mass is 360 g/mol. The van der Waals surface area contributed by atoms with E-state index < -0.39 is 17.9 Å². The largest absolute Gasteiger partial charge is 0.481 e. The normalized spacial score (nSPS) is 18.4. The van der Waals surface area contributed by atoms with Crippen LogP contribution in [-0.2, 0) is 9.53 Å². The summed E-state index contributed by atoms with van der Waals surface area (Å²) in [5.74, 6) is -1.38. The second kappa shape index (κ2) is 6.86. The van der Waals surface area contributed by atoms with Gasteiger partial charge in [0.15, 0.2) is 0 Å². The minimum Gasteiger partial charge on any atom is -0.481 e. The summed E-state index contributed by atoms with van der Waals surface area (Å²) in [6.07, 6.45) is -0.659. The molecule has 0 saturated carbocycles. The first-order valence-electron chi connectivity index (χ1n) is 6.30. The number of carboxylic acid groups (broad SMARTS) is 1. The summed E-state index contributed by atoms with van der Waals surface area (Å²) in [6, 6.07) is 3.79. The summed E-state index contributed by atoms with van der Waals surface area (Å²) < 4.78 is 18.7. The highest BCUT2D eigenvalue weighted by Crippen LogP contribution is 2.20. The third-order valence-electron chi connectivity index (χ3n) is 3.00. The molecule has 0 aliphatic carbocycles. The standard InChI is InChI=1S/C13H14BrFN2O4/c14-10-5-8(1-2-11(10)15)16-13(20)17-3-4-21-9(7-17)6-12(18)19/h1-2,5,9H,3-4,6-7H2,(H,16,20)(H,18,19). The van der Waals surface area contributed by atoms with E-state index in [0.29, 0.717) is 18.8 Å². The van der Waals surface area contributed by atoms with Crippen LogP contribution in [0.2, 0.25) is 0 Å². The number of ether oxygens (including phenoxy) is 1. The van der Waals surface area contributed by atoms with Gasteiger partial charge in [-0.2, -0.15) is 0 Å². The van der Waals surface area contributed by atoms with Gasteiger partial charge in [0, 0.05) is 18.8 Å². The molecule has 2 rings (SSSR count). The van der Waals surface area contributed by atoms with Crippen LogP contribution in [0.25, 0.3) is 0 Å². The van der Waals surface area contributed by atoms with Gasteiger partial charge in [-0.15, -0.1) is 0 Å². The third kappa shape index (κ3) is 4.40. The first-order valence-corrected chi connectivity index (χ1v) is 7.09. The van der Waals surface area contributed by atoms with Crippen LogP contribution in [0.15, 0.2) is 22.7 Å². The van der Waals surface area contributed by atoms with E-state index in [1.807, 2.05) is 0 Å². The third-order valence-corrected chi connectivity index (χ3v) is 3.61. The lowest BCUT2D eigenvalue weighted by atomic mass is 10.2. The highest BCUT2D eigenvalue weighted by atomic mass is 79.9. The first-order chi connectivity index (χ1) is 9.95. The molecule has 2 N–H and O–H groups in total. The number of benzene rings is 1. The van der Waals surface area contributed by atoms with Gasteiger partial charge in [-0.1, -0.05) is 0 Å². The fourth-order valence-electron chi connectivity index (χ4n) is 2.00. The number of anilines is 1. The van der Waals surface area contributed by atoms with Crippen molar-refractivity contribution < 1.29 is 23.8 Å². The van der Waals surface area contributed by atoms with Crippen LogP contribution in [0.1, 0.15) is 6.42 Å². The van der Waals surface area contributed by atoms with Crippen LogP contribution in [0.4, 0.5) is 14.9 Å². The summed E-state index contributed by atoms with van der Waals surface area (Å²) in [4.78, 5) is 24.2. The molecular formula is C13H14BrFN2O4. The summed E-state index contributed by atoms with van der Waals surface area (Å²) in [5, 5.41) is 11.4. The second-order valence-corrected chi connectivity index (χ2v) is 5.45. The number of hydrogen-bond acceptors (Lipinski definition) is 3. The molecular weight excluding hydrogens is 347 g/mol. The van der Waals surface area contributed by atoms with Gasteiger partial charge in [-0.3, -0.25) is 4.79 Å². The highest BCUT2D eigenvalue weighted by molar-refractivity contribution is 9.10. The Hall–Kier alpha value is -1.67. The lowest BCUT2D eigenvalue weighted by molar-refractivity contribution is -0.141. The molecule has 1 unspecified atom stereocenters. The number of carboxylic acids is 1. The zero-order valence-corrected chi connectivity index (χ0v) is 12.6. The molecule has 0 radical (unpaired) electrons. The van der Waals surface area contributed by atoms with Gasteiger partial charge in [0.05, 0.1) is 23.6 Å². The van der Waals surface area contributed by atoms with Crippen LogP contribution >= 0.6 is 15.9 Å². The van der Waals surface area contributed by atoms with Crippen molar-refractivity contribution in [1.29, 1.82) is 0 Å². The average Bonchev–Trinajstić information content (AvgIpc) is 2.42. The topological polar surface area (TPSA) is 78.9 Å². The number of hydrogen-bond donors (Lipinski definition) is 2. The van der Waals surface area contributed by atoms with Crippen molar-refractivity contribution in [2.45, 2.75) is 12.5 Å². The van der Waals surface area contributed by atoms with Crippen LogP contribution < -0.4 is 5.32 Å². The van der Waals surface area contributed by atoms with Crippen molar-refractivity contribution in [3.05, 3.63) is 28.5 Å². The maximum Gasteiger partial charge on any atom is 0.322 e. The molecule has 1 fully saturated rings. The predicted molar refractivity (Wildman–Crippen MR) is 76.7 cm³/mol. The number of nitrogens with zero attached hydrogens (tertiary/aromatic N) is 1. The Morgan fingerprint density at radius 3 is 2.95 bits per heavy atom. The smallest absolute Gasteiger partial charge is 0.322 e. The lowest BCUT2D eigenvalue weighted by Gasteiger charge is -2.32. The number of nitrogens with one attached hydrogen (secondary N) is 1. The molecule has 2 amide bonds. The van der Waals surface area contributed by atoms with E-state index in [1.165, 1.54) is 23.1 Å². The molecule has 1 atom stereocenters. The number of urea groups is 1. The van der Waals surface area contributed by atoms with Gasteiger partial charge < -0.3 is 20.1 Å². The Labute approximate surface area is 129 Å². The van der Waals surface area contributed by atoms with Crippen LogP contribution in [0.5, 0.6) is 0 Å².